The van der Waals surface area contributed by atoms with Crippen molar-refractivity contribution in [1.29, 1.82) is 0 Å². The maximum absolute atomic E-state index is 13.0. The van der Waals surface area contributed by atoms with Gasteiger partial charge in [-0.15, -0.1) is 0 Å². The number of likely N-dealkylation sites (N-methyl/N-ethyl adjacent to an activating group) is 1. The summed E-state index contributed by atoms with van der Waals surface area (Å²) in [6, 6.07) is 2.11. The number of pyridine rings is 1. The molecule has 1 amide bonds. The molecule has 2 aliphatic heterocycles. The Bertz CT molecular complexity index is 885. The summed E-state index contributed by atoms with van der Waals surface area (Å²) in [4.78, 5) is 33.9. The lowest BCUT2D eigenvalue weighted by Gasteiger charge is -2.38. The van der Waals surface area contributed by atoms with Crippen molar-refractivity contribution in [3.63, 3.8) is 0 Å². The molecule has 2 aliphatic rings. The van der Waals surface area contributed by atoms with Gasteiger partial charge < -0.3 is 14.7 Å². The number of piperidine rings is 1. The molecule has 4 heterocycles. The monoisotopic (exact) mass is 410 g/mol. The van der Waals surface area contributed by atoms with E-state index >= 15 is 0 Å². The summed E-state index contributed by atoms with van der Waals surface area (Å²) < 4.78 is 0. The van der Waals surface area contributed by atoms with Crippen molar-refractivity contribution < 1.29 is 4.79 Å². The summed E-state index contributed by atoms with van der Waals surface area (Å²) in [6.45, 7) is 13.0. The first-order valence-electron chi connectivity index (χ1n) is 11.5. The molecule has 7 nitrogen and oxygen atoms in total. The van der Waals surface area contributed by atoms with Gasteiger partial charge in [-0.3, -0.25) is 4.79 Å². The Morgan fingerprint density at radius 3 is 2.27 bits per heavy atom. The second-order valence-electron chi connectivity index (χ2n) is 8.38. The Hall–Kier alpha value is -2.28. The Morgan fingerprint density at radius 1 is 0.967 bits per heavy atom. The van der Waals surface area contributed by atoms with Crippen LogP contribution in [0.15, 0.2) is 12.3 Å². The summed E-state index contributed by atoms with van der Waals surface area (Å²) in [6.07, 6.45) is 5.49. The molecule has 0 N–H and O–H groups in total. The van der Waals surface area contributed by atoms with Gasteiger partial charge in [-0.1, -0.05) is 20.8 Å². The van der Waals surface area contributed by atoms with Crippen LogP contribution >= 0.6 is 0 Å². The number of amides is 1. The number of anilines is 1. The van der Waals surface area contributed by atoms with Crippen LogP contribution in [0.25, 0.3) is 11.2 Å². The highest BCUT2D eigenvalue weighted by atomic mass is 16.2. The Kier molecular flexibility index (Phi) is 6.46. The molecule has 0 atom stereocenters. The van der Waals surface area contributed by atoms with E-state index in [1.807, 2.05) is 6.20 Å². The fourth-order valence-corrected chi connectivity index (χ4v) is 4.67. The van der Waals surface area contributed by atoms with Crippen LogP contribution in [-0.2, 0) is 17.6 Å². The largest absolute Gasteiger partial charge is 0.370 e. The van der Waals surface area contributed by atoms with Crippen LogP contribution < -0.4 is 4.90 Å². The average Bonchev–Trinajstić information content (AvgIpc) is 2.82. The molecule has 0 spiro atoms. The van der Waals surface area contributed by atoms with Gasteiger partial charge in [0.25, 0.3) is 0 Å². The topological polar surface area (TPSA) is 65.5 Å². The zero-order valence-corrected chi connectivity index (χ0v) is 18.6. The van der Waals surface area contributed by atoms with Crippen molar-refractivity contribution in [1.82, 2.24) is 24.8 Å². The van der Waals surface area contributed by atoms with Crippen LogP contribution in [0, 0.1) is 5.92 Å². The maximum atomic E-state index is 13.0. The minimum atomic E-state index is 0.154. The van der Waals surface area contributed by atoms with Gasteiger partial charge in [-0.2, -0.15) is 0 Å². The van der Waals surface area contributed by atoms with E-state index in [1.54, 1.807) is 0 Å². The summed E-state index contributed by atoms with van der Waals surface area (Å²) in [5.74, 6) is 0.508. The van der Waals surface area contributed by atoms with Gasteiger partial charge in [0.15, 0.2) is 5.65 Å². The van der Waals surface area contributed by atoms with Crippen molar-refractivity contribution in [2.24, 2.45) is 5.92 Å². The second-order valence-corrected chi connectivity index (χ2v) is 8.38. The van der Waals surface area contributed by atoms with Crippen LogP contribution in [0.2, 0.25) is 0 Å². The number of nitrogens with zero attached hydrogens (tertiary/aromatic N) is 6. The normalized spacial score (nSPS) is 18.9. The maximum Gasteiger partial charge on any atom is 0.225 e. The highest BCUT2D eigenvalue weighted by molar-refractivity contribution is 5.79. The van der Waals surface area contributed by atoms with Crippen LogP contribution in [0.5, 0.6) is 0 Å². The Balaban J connectivity index is 1.40. The summed E-state index contributed by atoms with van der Waals surface area (Å²) in [7, 11) is 0. The van der Waals surface area contributed by atoms with Crippen molar-refractivity contribution >= 4 is 22.8 Å². The van der Waals surface area contributed by atoms with E-state index in [1.165, 1.54) is 0 Å². The molecule has 162 valence electrons. The van der Waals surface area contributed by atoms with E-state index in [9.17, 15) is 4.79 Å². The number of carbonyl (C=O) groups excluding carboxylic acids is 1. The predicted molar refractivity (Wildman–Crippen MR) is 120 cm³/mol. The van der Waals surface area contributed by atoms with Gasteiger partial charge in [-0.05, 0) is 38.3 Å². The molecule has 0 bridgehead atoms. The number of hydrogen-bond donors (Lipinski definition) is 0. The molecule has 2 aromatic heterocycles. The van der Waals surface area contributed by atoms with Gasteiger partial charge in [0.2, 0.25) is 5.91 Å². The molecule has 2 aromatic rings. The lowest BCUT2D eigenvalue weighted by atomic mass is 9.94. The molecular formula is C23H34N6O. The third-order valence-electron chi connectivity index (χ3n) is 6.67. The first-order valence-corrected chi connectivity index (χ1v) is 11.5. The van der Waals surface area contributed by atoms with E-state index in [0.717, 1.165) is 99.7 Å². The number of hydrogen-bond acceptors (Lipinski definition) is 6. The molecule has 4 rings (SSSR count). The third-order valence-corrected chi connectivity index (χ3v) is 6.67. The fourth-order valence-electron chi connectivity index (χ4n) is 4.67. The zero-order chi connectivity index (χ0) is 21.1. The van der Waals surface area contributed by atoms with Gasteiger partial charge >= 0.3 is 0 Å². The lowest BCUT2D eigenvalue weighted by molar-refractivity contribution is -0.137. The van der Waals surface area contributed by atoms with Crippen LogP contribution in [-0.4, -0.2) is 76.5 Å². The third kappa shape index (κ3) is 4.26. The Morgan fingerprint density at radius 2 is 1.63 bits per heavy atom. The van der Waals surface area contributed by atoms with Gasteiger partial charge in [0.1, 0.15) is 5.52 Å². The smallest absolute Gasteiger partial charge is 0.225 e. The SMILES string of the molecule is CCc1nc2cc(N3CCC(C(=O)N4CCN(CC)CC4)CC3)cnc2nc1CC. The summed E-state index contributed by atoms with van der Waals surface area (Å²) in [5, 5.41) is 0. The molecule has 0 aromatic carbocycles. The number of carbonyl (C=O) groups is 1. The molecule has 30 heavy (non-hydrogen) atoms. The average molecular weight is 411 g/mol. The molecule has 0 saturated carbocycles. The molecule has 7 heteroatoms. The summed E-state index contributed by atoms with van der Waals surface area (Å²) in [5.41, 5.74) is 4.80. The van der Waals surface area contributed by atoms with Crippen LogP contribution in [0.3, 0.4) is 0 Å². The molecule has 2 fully saturated rings. The van der Waals surface area contributed by atoms with Gasteiger partial charge in [0, 0.05) is 45.2 Å². The van der Waals surface area contributed by atoms with Gasteiger partial charge in [0.05, 0.1) is 23.3 Å². The van der Waals surface area contributed by atoms with Crippen LogP contribution in [0.1, 0.15) is 45.0 Å². The van der Waals surface area contributed by atoms with Crippen molar-refractivity contribution in [2.75, 3.05) is 50.7 Å². The predicted octanol–water partition coefficient (Wildman–Crippen LogP) is 2.53. The molecule has 2 saturated heterocycles. The minimum Gasteiger partial charge on any atom is -0.370 e. The number of piperazine rings is 1. The molecule has 0 unspecified atom stereocenters. The minimum absolute atomic E-state index is 0.154. The highest BCUT2D eigenvalue weighted by Crippen LogP contribution is 2.26. The van der Waals surface area contributed by atoms with E-state index in [0.29, 0.717) is 5.91 Å². The zero-order valence-electron chi connectivity index (χ0n) is 18.6. The molecule has 0 radical (unpaired) electrons. The first kappa shape index (κ1) is 21.0. The van der Waals surface area contributed by atoms with E-state index < -0.39 is 0 Å². The van der Waals surface area contributed by atoms with E-state index in [4.69, 9.17) is 9.97 Å². The molecular weight excluding hydrogens is 376 g/mol. The summed E-state index contributed by atoms with van der Waals surface area (Å²) >= 11 is 0. The molecule has 0 aliphatic carbocycles. The highest BCUT2D eigenvalue weighted by Gasteiger charge is 2.30. The number of rotatable bonds is 5. The second kappa shape index (κ2) is 9.25. The number of aryl methyl sites for hydroxylation is 2. The Labute approximate surface area is 179 Å². The lowest BCUT2D eigenvalue weighted by Crippen LogP contribution is -2.51. The first-order chi connectivity index (χ1) is 14.6. The van der Waals surface area contributed by atoms with Crippen molar-refractivity contribution in [3.05, 3.63) is 23.7 Å². The van der Waals surface area contributed by atoms with Crippen LogP contribution in [0.4, 0.5) is 5.69 Å². The number of fused-ring (bicyclic) bond motifs is 1. The standard InChI is InChI=1S/C23H34N6O/c1-4-19-20(5-2)26-22-21(25-19)15-18(16-24-22)28-9-7-17(8-10-28)23(30)29-13-11-27(6-3)12-14-29/h15-17H,4-14H2,1-3H3. The van der Waals surface area contributed by atoms with Crippen molar-refractivity contribution in [3.8, 4) is 0 Å². The van der Waals surface area contributed by atoms with Crippen molar-refractivity contribution in [2.45, 2.75) is 46.5 Å². The van der Waals surface area contributed by atoms with Gasteiger partial charge in [-0.25, -0.2) is 15.0 Å². The quantitative estimate of drug-likeness (QED) is 0.755. The van der Waals surface area contributed by atoms with E-state index in [-0.39, 0.29) is 5.92 Å². The number of aromatic nitrogens is 3. The van der Waals surface area contributed by atoms with E-state index in [2.05, 4.69) is 46.5 Å². The fraction of sp³-hybridized carbons (Fsp3) is 0.652.